The fourth-order valence-electron chi connectivity index (χ4n) is 2.41. The molecule has 0 aliphatic carbocycles. The van der Waals surface area contributed by atoms with E-state index in [9.17, 15) is 0 Å². The summed E-state index contributed by atoms with van der Waals surface area (Å²) < 4.78 is 10.9. The SMILES string of the molecule is CC(c1nc(CC2CCCO2)no1)C1CNC1. The van der Waals surface area contributed by atoms with E-state index in [0.717, 1.165) is 50.7 Å². The summed E-state index contributed by atoms with van der Waals surface area (Å²) in [5, 5.41) is 7.32. The quantitative estimate of drug-likeness (QED) is 0.850. The molecule has 1 N–H and O–H groups in total. The molecule has 2 atom stereocenters. The fourth-order valence-corrected chi connectivity index (χ4v) is 2.41. The van der Waals surface area contributed by atoms with Crippen molar-refractivity contribution in [1.82, 2.24) is 15.5 Å². The topological polar surface area (TPSA) is 60.2 Å². The van der Waals surface area contributed by atoms with Crippen molar-refractivity contribution < 1.29 is 9.26 Å². The molecule has 1 aromatic rings. The first kappa shape index (κ1) is 11.2. The van der Waals surface area contributed by atoms with Crippen molar-refractivity contribution in [2.24, 2.45) is 5.92 Å². The molecule has 2 unspecified atom stereocenters. The maximum Gasteiger partial charge on any atom is 0.229 e. The Labute approximate surface area is 101 Å². The van der Waals surface area contributed by atoms with E-state index in [0.29, 0.717) is 17.9 Å². The van der Waals surface area contributed by atoms with Crippen molar-refractivity contribution in [3.63, 3.8) is 0 Å². The number of hydrogen-bond acceptors (Lipinski definition) is 5. The third kappa shape index (κ3) is 2.35. The van der Waals surface area contributed by atoms with Crippen molar-refractivity contribution >= 4 is 0 Å². The van der Waals surface area contributed by atoms with Gasteiger partial charge in [0.1, 0.15) is 0 Å². The summed E-state index contributed by atoms with van der Waals surface area (Å²) in [4.78, 5) is 4.49. The molecule has 2 saturated heterocycles. The Kier molecular flexibility index (Phi) is 3.11. The molecule has 17 heavy (non-hydrogen) atoms. The highest BCUT2D eigenvalue weighted by molar-refractivity contribution is 4.99. The van der Waals surface area contributed by atoms with Gasteiger partial charge in [-0.05, 0) is 31.8 Å². The molecule has 0 spiro atoms. The molecule has 2 fully saturated rings. The zero-order chi connectivity index (χ0) is 11.7. The lowest BCUT2D eigenvalue weighted by Gasteiger charge is -2.30. The van der Waals surface area contributed by atoms with E-state index >= 15 is 0 Å². The molecule has 3 rings (SSSR count). The first-order valence-corrected chi connectivity index (χ1v) is 6.47. The minimum absolute atomic E-state index is 0.293. The molecular weight excluding hydrogens is 218 g/mol. The second-order valence-corrected chi connectivity index (χ2v) is 5.09. The van der Waals surface area contributed by atoms with Crippen LogP contribution in [0.3, 0.4) is 0 Å². The Morgan fingerprint density at radius 3 is 3.00 bits per heavy atom. The Bertz CT molecular complexity index is 370. The number of ether oxygens (including phenoxy) is 1. The largest absolute Gasteiger partial charge is 0.378 e. The molecular formula is C12H19N3O2. The second kappa shape index (κ2) is 4.74. The van der Waals surface area contributed by atoms with Gasteiger partial charge in [0.2, 0.25) is 5.89 Å². The molecule has 5 heteroatoms. The highest BCUT2D eigenvalue weighted by Gasteiger charge is 2.29. The van der Waals surface area contributed by atoms with Gasteiger partial charge in [0.25, 0.3) is 0 Å². The molecule has 0 saturated carbocycles. The van der Waals surface area contributed by atoms with Crippen molar-refractivity contribution in [3.8, 4) is 0 Å². The maximum absolute atomic E-state index is 5.57. The number of nitrogens with one attached hydrogen (secondary N) is 1. The van der Waals surface area contributed by atoms with Gasteiger partial charge in [0, 0.05) is 18.9 Å². The van der Waals surface area contributed by atoms with E-state index in [1.807, 2.05) is 0 Å². The maximum atomic E-state index is 5.57. The van der Waals surface area contributed by atoms with Crippen LogP contribution in [0, 0.1) is 5.92 Å². The minimum Gasteiger partial charge on any atom is -0.378 e. The van der Waals surface area contributed by atoms with Crippen LogP contribution in [0.25, 0.3) is 0 Å². The Morgan fingerprint density at radius 2 is 2.35 bits per heavy atom. The van der Waals surface area contributed by atoms with Crippen LogP contribution in [0.1, 0.15) is 37.4 Å². The predicted molar refractivity (Wildman–Crippen MR) is 61.8 cm³/mol. The monoisotopic (exact) mass is 237 g/mol. The summed E-state index contributed by atoms with van der Waals surface area (Å²) in [6.07, 6.45) is 3.35. The predicted octanol–water partition coefficient (Wildman–Crippen LogP) is 1.11. The van der Waals surface area contributed by atoms with Crippen molar-refractivity contribution in [1.29, 1.82) is 0 Å². The summed E-state index contributed by atoms with van der Waals surface area (Å²) in [6, 6.07) is 0. The summed E-state index contributed by atoms with van der Waals surface area (Å²) in [5.74, 6) is 2.59. The van der Waals surface area contributed by atoms with Crippen molar-refractivity contribution in [3.05, 3.63) is 11.7 Å². The van der Waals surface area contributed by atoms with Gasteiger partial charge in [-0.1, -0.05) is 12.1 Å². The molecule has 1 aromatic heterocycles. The van der Waals surface area contributed by atoms with Crippen molar-refractivity contribution in [2.45, 2.75) is 38.2 Å². The van der Waals surface area contributed by atoms with Gasteiger partial charge >= 0.3 is 0 Å². The molecule has 2 aliphatic rings. The van der Waals surface area contributed by atoms with Crippen LogP contribution < -0.4 is 5.32 Å². The van der Waals surface area contributed by atoms with Crippen molar-refractivity contribution in [2.75, 3.05) is 19.7 Å². The Balaban J connectivity index is 1.60. The zero-order valence-electron chi connectivity index (χ0n) is 10.2. The number of nitrogens with zero attached hydrogens (tertiary/aromatic N) is 2. The van der Waals surface area contributed by atoms with Crippen LogP contribution in [0.15, 0.2) is 4.52 Å². The molecule has 0 radical (unpaired) electrons. The van der Waals surface area contributed by atoms with Crippen LogP contribution in [0.2, 0.25) is 0 Å². The van der Waals surface area contributed by atoms with Gasteiger partial charge in [-0.15, -0.1) is 0 Å². The first-order valence-electron chi connectivity index (χ1n) is 6.47. The van der Waals surface area contributed by atoms with E-state index < -0.39 is 0 Å². The number of hydrogen-bond donors (Lipinski definition) is 1. The van der Waals surface area contributed by atoms with Crippen LogP contribution in [0.4, 0.5) is 0 Å². The van der Waals surface area contributed by atoms with E-state index in [1.165, 1.54) is 0 Å². The minimum atomic E-state index is 0.293. The average molecular weight is 237 g/mol. The van der Waals surface area contributed by atoms with E-state index in [4.69, 9.17) is 9.26 Å². The summed E-state index contributed by atoms with van der Waals surface area (Å²) in [5.41, 5.74) is 0. The highest BCUT2D eigenvalue weighted by atomic mass is 16.5. The van der Waals surface area contributed by atoms with Gasteiger partial charge < -0.3 is 14.6 Å². The molecule has 3 heterocycles. The standard InChI is InChI=1S/C12H19N3O2/c1-8(9-6-13-7-9)12-14-11(15-17-12)5-10-3-2-4-16-10/h8-10,13H,2-7H2,1H3. The second-order valence-electron chi connectivity index (χ2n) is 5.09. The lowest BCUT2D eigenvalue weighted by atomic mass is 9.89. The highest BCUT2D eigenvalue weighted by Crippen LogP contribution is 2.26. The van der Waals surface area contributed by atoms with Crippen LogP contribution >= 0.6 is 0 Å². The molecule has 0 aromatic carbocycles. The third-order valence-corrected chi connectivity index (χ3v) is 3.83. The van der Waals surface area contributed by atoms with Crippen LogP contribution in [-0.4, -0.2) is 35.9 Å². The molecule has 5 nitrogen and oxygen atoms in total. The molecule has 0 amide bonds. The van der Waals surface area contributed by atoms with Crippen LogP contribution in [0.5, 0.6) is 0 Å². The first-order chi connectivity index (χ1) is 8.33. The Hall–Kier alpha value is -0.940. The fraction of sp³-hybridized carbons (Fsp3) is 0.833. The summed E-state index contributed by atoms with van der Waals surface area (Å²) >= 11 is 0. The molecule has 2 aliphatic heterocycles. The zero-order valence-corrected chi connectivity index (χ0v) is 10.2. The summed E-state index contributed by atoms with van der Waals surface area (Å²) in [7, 11) is 0. The molecule has 0 bridgehead atoms. The smallest absolute Gasteiger partial charge is 0.229 e. The third-order valence-electron chi connectivity index (χ3n) is 3.83. The Morgan fingerprint density at radius 1 is 1.47 bits per heavy atom. The van der Waals surface area contributed by atoms with E-state index in [2.05, 4.69) is 22.4 Å². The van der Waals surface area contributed by atoms with E-state index in [-0.39, 0.29) is 0 Å². The number of aromatic nitrogens is 2. The van der Waals surface area contributed by atoms with Gasteiger partial charge in [-0.2, -0.15) is 4.98 Å². The average Bonchev–Trinajstić information content (AvgIpc) is 2.86. The van der Waals surface area contributed by atoms with Crippen LogP contribution in [-0.2, 0) is 11.2 Å². The van der Waals surface area contributed by atoms with Gasteiger partial charge in [0.05, 0.1) is 6.10 Å². The van der Waals surface area contributed by atoms with Gasteiger partial charge in [-0.25, -0.2) is 0 Å². The lowest BCUT2D eigenvalue weighted by Crippen LogP contribution is -2.44. The lowest BCUT2D eigenvalue weighted by molar-refractivity contribution is 0.109. The summed E-state index contributed by atoms with van der Waals surface area (Å²) in [6.45, 7) is 5.16. The van der Waals surface area contributed by atoms with Gasteiger partial charge in [-0.3, -0.25) is 0 Å². The van der Waals surface area contributed by atoms with E-state index in [1.54, 1.807) is 0 Å². The molecule has 94 valence electrons. The van der Waals surface area contributed by atoms with Gasteiger partial charge in [0.15, 0.2) is 5.82 Å². The number of rotatable bonds is 4. The normalized spacial score (nSPS) is 27.0.